The molecule has 2 N–H and O–H groups in total. The van der Waals surface area contributed by atoms with Crippen LogP contribution in [0.5, 0.6) is 0 Å². The van der Waals surface area contributed by atoms with E-state index in [4.69, 9.17) is 5.11 Å². The van der Waals surface area contributed by atoms with Crippen LogP contribution in [-0.4, -0.2) is 20.6 Å². The van der Waals surface area contributed by atoms with E-state index >= 15 is 0 Å². The highest BCUT2D eigenvalue weighted by molar-refractivity contribution is 5.86. The minimum absolute atomic E-state index is 0.387. The molecule has 6 nitrogen and oxygen atoms in total. The van der Waals surface area contributed by atoms with Crippen LogP contribution in [0, 0.1) is 11.8 Å². The summed E-state index contributed by atoms with van der Waals surface area (Å²) in [5.74, 6) is 0.0467. The van der Waals surface area contributed by atoms with Gasteiger partial charge in [0, 0.05) is 12.7 Å². The number of aryl methyl sites for hydroxylation is 1. The number of aromatic carboxylic acids is 1. The third kappa shape index (κ3) is 3.37. The van der Waals surface area contributed by atoms with Crippen molar-refractivity contribution < 1.29 is 9.90 Å². The monoisotopic (exact) mass is 280 g/mol. The Bertz CT molecular complexity index is 594. The summed E-state index contributed by atoms with van der Waals surface area (Å²) >= 11 is 0. The molecule has 0 unspecified atom stereocenters. The Morgan fingerprint density at radius 1 is 1.35 bits per heavy atom. The largest absolute Gasteiger partial charge is 0.477 e. The second-order valence-electron chi connectivity index (χ2n) is 5.72. The first-order chi connectivity index (χ1) is 9.47. The Hall–Kier alpha value is -1.85. The van der Waals surface area contributed by atoms with Gasteiger partial charge >= 0.3 is 11.7 Å². The third-order valence-electron chi connectivity index (χ3n) is 4.15. The Balaban J connectivity index is 2.06. The van der Waals surface area contributed by atoms with Gasteiger partial charge in [-0.25, -0.2) is 9.59 Å². The maximum atomic E-state index is 11.7. The summed E-state index contributed by atoms with van der Waals surface area (Å²) in [4.78, 5) is 35.9. The smallest absolute Gasteiger partial charge is 0.342 e. The molecule has 1 aliphatic rings. The molecule has 1 fully saturated rings. The van der Waals surface area contributed by atoms with Crippen molar-refractivity contribution in [3.05, 3.63) is 32.6 Å². The van der Waals surface area contributed by atoms with E-state index in [0.29, 0.717) is 12.5 Å². The van der Waals surface area contributed by atoms with Crippen LogP contribution in [0.25, 0.3) is 0 Å². The molecule has 110 valence electrons. The number of aromatic nitrogens is 2. The van der Waals surface area contributed by atoms with Crippen LogP contribution in [0.15, 0.2) is 15.8 Å². The number of aromatic amines is 1. The van der Waals surface area contributed by atoms with Gasteiger partial charge in [0.05, 0.1) is 0 Å². The van der Waals surface area contributed by atoms with Crippen molar-refractivity contribution >= 4 is 5.97 Å². The van der Waals surface area contributed by atoms with Crippen molar-refractivity contribution in [1.29, 1.82) is 0 Å². The minimum Gasteiger partial charge on any atom is -0.477 e. The van der Waals surface area contributed by atoms with Gasteiger partial charge in [0.1, 0.15) is 5.56 Å². The summed E-state index contributed by atoms with van der Waals surface area (Å²) in [6.07, 6.45) is 6.74. The van der Waals surface area contributed by atoms with Crippen molar-refractivity contribution in [2.24, 2.45) is 11.8 Å². The summed E-state index contributed by atoms with van der Waals surface area (Å²) in [6, 6.07) is 0. The van der Waals surface area contributed by atoms with Crippen LogP contribution in [0.2, 0.25) is 0 Å². The maximum Gasteiger partial charge on any atom is 0.342 e. The normalized spacial score (nSPS) is 22.6. The van der Waals surface area contributed by atoms with Crippen LogP contribution in [0.1, 0.15) is 49.4 Å². The van der Waals surface area contributed by atoms with Gasteiger partial charge in [-0.15, -0.1) is 0 Å². The molecule has 1 heterocycles. The lowest BCUT2D eigenvalue weighted by Crippen LogP contribution is -2.33. The van der Waals surface area contributed by atoms with E-state index < -0.39 is 17.2 Å². The van der Waals surface area contributed by atoms with E-state index in [1.807, 2.05) is 0 Å². The molecule has 0 atom stereocenters. The number of carboxylic acids is 1. The van der Waals surface area contributed by atoms with Gasteiger partial charge in [0.2, 0.25) is 0 Å². The lowest BCUT2D eigenvalue weighted by molar-refractivity contribution is 0.0693. The first kappa shape index (κ1) is 14.6. The second-order valence-corrected chi connectivity index (χ2v) is 5.72. The summed E-state index contributed by atoms with van der Waals surface area (Å²) < 4.78 is 1.29. The number of carboxylic acid groups (broad SMARTS) is 1. The SMILES string of the molecule is CC1CCC(CCn2cc(C(=O)O)c(=O)[nH]c2=O)CC1. The van der Waals surface area contributed by atoms with Gasteiger partial charge in [-0.2, -0.15) is 0 Å². The molecule has 6 heteroatoms. The van der Waals surface area contributed by atoms with Crippen molar-refractivity contribution in [1.82, 2.24) is 9.55 Å². The van der Waals surface area contributed by atoms with Gasteiger partial charge in [0.15, 0.2) is 0 Å². The number of nitrogens with one attached hydrogen (secondary N) is 1. The number of nitrogens with zero attached hydrogens (tertiary/aromatic N) is 1. The quantitative estimate of drug-likeness (QED) is 0.873. The summed E-state index contributed by atoms with van der Waals surface area (Å²) in [7, 11) is 0. The molecular formula is C14H20N2O4. The highest BCUT2D eigenvalue weighted by Gasteiger charge is 2.18. The highest BCUT2D eigenvalue weighted by Crippen LogP contribution is 2.30. The molecule has 0 aromatic carbocycles. The van der Waals surface area contributed by atoms with Crippen LogP contribution >= 0.6 is 0 Å². The zero-order valence-corrected chi connectivity index (χ0v) is 11.6. The first-order valence-electron chi connectivity index (χ1n) is 7.04. The molecule has 0 spiro atoms. The Morgan fingerprint density at radius 3 is 2.60 bits per heavy atom. The van der Waals surface area contributed by atoms with E-state index in [1.165, 1.54) is 17.4 Å². The molecule has 0 saturated heterocycles. The zero-order chi connectivity index (χ0) is 14.7. The number of H-pyrrole nitrogens is 1. The van der Waals surface area contributed by atoms with Crippen molar-refractivity contribution in [2.75, 3.05) is 0 Å². The van der Waals surface area contributed by atoms with Crippen LogP contribution < -0.4 is 11.2 Å². The number of rotatable bonds is 4. The van der Waals surface area contributed by atoms with Crippen molar-refractivity contribution in [2.45, 2.75) is 45.6 Å². The predicted octanol–water partition coefficient (Wildman–Crippen LogP) is 1.45. The van der Waals surface area contributed by atoms with E-state index in [-0.39, 0.29) is 5.56 Å². The molecule has 1 saturated carbocycles. The van der Waals surface area contributed by atoms with Crippen molar-refractivity contribution in [3.63, 3.8) is 0 Å². The summed E-state index contributed by atoms with van der Waals surface area (Å²) in [5.41, 5.74) is -1.77. The number of carbonyl (C=O) groups is 1. The topological polar surface area (TPSA) is 92.2 Å². The fourth-order valence-electron chi connectivity index (χ4n) is 2.77. The standard InChI is InChI=1S/C14H20N2O4/c1-9-2-4-10(5-3-9)6-7-16-8-11(13(18)19)12(17)15-14(16)20/h8-10H,2-7H2,1H3,(H,18,19)(H,15,17,20). The highest BCUT2D eigenvalue weighted by atomic mass is 16.4. The van der Waals surface area contributed by atoms with Gasteiger partial charge in [0.25, 0.3) is 5.56 Å². The van der Waals surface area contributed by atoms with E-state index in [9.17, 15) is 14.4 Å². The van der Waals surface area contributed by atoms with Crippen LogP contribution in [0.3, 0.4) is 0 Å². The third-order valence-corrected chi connectivity index (χ3v) is 4.15. The van der Waals surface area contributed by atoms with Gasteiger partial charge < -0.3 is 5.11 Å². The molecule has 0 bridgehead atoms. The van der Waals surface area contributed by atoms with Gasteiger partial charge in [-0.05, 0) is 18.3 Å². The Morgan fingerprint density at radius 2 is 2.00 bits per heavy atom. The van der Waals surface area contributed by atoms with Crippen LogP contribution in [-0.2, 0) is 6.54 Å². The van der Waals surface area contributed by atoms with E-state index in [0.717, 1.165) is 31.4 Å². The molecule has 0 amide bonds. The van der Waals surface area contributed by atoms with Crippen molar-refractivity contribution in [3.8, 4) is 0 Å². The predicted molar refractivity (Wildman–Crippen MR) is 74.0 cm³/mol. The number of hydrogen-bond donors (Lipinski definition) is 2. The second kappa shape index (κ2) is 6.07. The Labute approximate surface area is 116 Å². The molecule has 0 aliphatic heterocycles. The fraction of sp³-hybridized carbons (Fsp3) is 0.643. The van der Waals surface area contributed by atoms with E-state index in [1.54, 1.807) is 0 Å². The molecule has 2 rings (SSSR count). The Kier molecular flexibility index (Phi) is 4.42. The lowest BCUT2D eigenvalue weighted by atomic mass is 9.81. The van der Waals surface area contributed by atoms with E-state index in [2.05, 4.69) is 11.9 Å². The van der Waals surface area contributed by atoms with Gasteiger partial charge in [-0.3, -0.25) is 14.3 Å². The molecule has 1 aromatic heterocycles. The number of hydrogen-bond acceptors (Lipinski definition) is 3. The average molecular weight is 280 g/mol. The molecule has 1 aromatic rings. The molecule has 20 heavy (non-hydrogen) atoms. The summed E-state index contributed by atoms with van der Waals surface area (Å²) in [5, 5.41) is 8.89. The molecule has 0 radical (unpaired) electrons. The lowest BCUT2D eigenvalue weighted by Gasteiger charge is -2.26. The minimum atomic E-state index is -1.31. The molecular weight excluding hydrogens is 260 g/mol. The average Bonchev–Trinajstić information content (AvgIpc) is 2.39. The fourth-order valence-corrected chi connectivity index (χ4v) is 2.77. The zero-order valence-electron chi connectivity index (χ0n) is 11.6. The van der Waals surface area contributed by atoms with Crippen LogP contribution in [0.4, 0.5) is 0 Å². The van der Waals surface area contributed by atoms with Gasteiger partial charge in [-0.1, -0.05) is 32.6 Å². The maximum absolute atomic E-state index is 11.7. The first-order valence-corrected chi connectivity index (χ1v) is 7.04. The summed E-state index contributed by atoms with van der Waals surface area (Å²) in [6.45, 7) is 2.71. The molecule has 1 aliphatic carbocycles.